The van der Waals surface area contributed by atoms with Crippen molar-refractivity contribution in [2.45, 2.75) is 70.6 Å². The summed E-state index contributed by atoms with van der Waals surface area (Å²) < 4.78 is 61.1. The zero-order chi connectivity index (χ0) is 32.8. The molecule has 11 heteroatoms. The predicted octanol–water partition coefficient (Wildman–Crippen LogP) is 9.16. The molecule has 0 radical (unpaired) electrons. The highest BCUT2D eigenvalue weighted by Crippen LogP contribution is 2.42. The van der Waals surface area contributed by atoms with E-state index < -0.39 is 63.2 Å². The van der Waals surface area contributed by atoms with E-state index in [0.717, 1.165) is 0 Å². The zero-order valence-electron chi connectivity index (χ0n) is 24.7. The minimum Gasteiger partial charge on any atom is -0.460 e. The van der Waals surface area contributed by atoms with Crippen LogP contribution in [0.1, 0.15) is 96.2 Å². The van der Waals surface area contributed by atoms with E-state index in [9.17, 15) is 27.6 Å². The van der Waals surface area contributed by atoms with Crippen molar-refractivity contribution in [3.8, 4) is 0 Å². The van der Waals surface area contributed by atoms with E-state index in [1.807, 2.05) is 6.92 Å². The molecule has 3 rings (SSSR count). The number of halogens is 6. The number of benzene rings is 3. The van der Waals surface area contributed by atoms with Gasteiger partial charge in [-0.15, -0.1) is 0 Å². The molecule has 44 heavy (non-hydrogen) atoms. The lowest BCUT2D eigenvalue weighted by Gasteiger charge is -2.28. The van der Waals surface area contributed by atoms with Gasteiger partial charge in [-0.05, 0) is 80.6 Å². The van der Waals surface area contributed by atoms with Crippen LogP contribution in [0, 0.1) is 5.82 Å². The van der Waals surface area contributed by atoms with Crippen LogP contribution in [0.4, 0.5) is 17.6 Å². The van der Waals surface area contributed by atoms with Crippen molar-refractivity contribution in [3.63, 3.8) is 0 Å². The Morgan fingerprint density at radius 2 is 1.50 bits per heavy atom. The van der Waals surface area contributed by atoms with Crippen LogP contribution in [0.5, 0.6) is 0 Å². The highest BCUT2D eigenvalue weighted by atomic mass is 35.5. The summed E-state index contributed by atoms with van der Waals surface area (Å²) in [7, 11) is 0. The Morgan fingerprint density at radius 1 is 0.909 bits per heavy atom. The van der Waals surface area contributed by atoms with Gasteiger partial charge in [-0.2, -0.15) is 13.2 Å². The first-order chi connectivity index (χ1) is 20.5. The molecule has 2 atom stereocenters. The Hall–Kier alpha value is -3.43. The van der Waals surface area contributed by atoms with Gasteiger partial charge in [0.15, 0.2) is 11.6 Å². The first kappa shape index (κ1) is 35.1. The van der Waals surface area contributed by atoms with Gasteiger partial charge in [0.25, 0.3) is 5.91 Å². The van der Waals surface area contributed by atoms with Crippen molar-refractivity contribution >= 4 is 40.9 Å². The second-order valence-electron chi connectivity index (χ2n) is 11.3. The number of esters is 1. The lowest BCUT2D eigenvalue weighted by molar-refractivity contribution is -0.154. The summed E-state index contributed by atoms with van der Waals surface area (Å²) in [5, 5.41) is 2.22. The van der Waals surface area contributed by atoms with E-state index in [-0.39, 0.29) is 13.0 Å². The van der Waals surface area contributed by atoms with Crippen LogP contribution >= 0.6 is 23.2 Å². The number of ketones is 1. The van der Waals surface area contributed by atoms with E-state index in [1.54, 1.807) is 69.3 Å². The van der Waals surface area contributed by atoms with Gasteiger partial charge < -0.3 is 10.1 Å². The number of hydrogen-bond acceptors (Lipinski definition) is 4. The molecule has 0 bridgehead atoms. The predicted molar refractivity (Wildman–Crippen MR) is 162 cm³/mol. The second-order valence-corrected chi connectivity index (χ2v) is 12.2. The summed E-state index contributed by atoms with van der Waals surface area (Å²) in [6.45, 7) is 7.17. The molecule has 3 aromatic carbocycles. The summed E-state index contributed by atoms with van der Waals surface area (Å²) in [4.78, 5) is 38.6. The van der Waals surface area contributed by atoms with E-state index in [4.69, 9.17) is 27.9 Å². The van der Waals surface area contributed by atoms with E-state index in [1.165, 1.54) is 0 Å². The SMILES string of the molecule is CCCC(c1ccc(C(=O)NCCC(=O)OC(C)(C)C)cc1)C(C(=O)c1cc(C(F)(F)F)cc(Cl)c1F)c1ccc(Cl)cc1. The van der Waals surface area contributed by atoms with Gasteiger partial charge in [-0.1, -0.05) is 60.8 Å². The highest BCUT2D eigenvalue weighted by Gasteiger charge is 2.37. The smallest absolute Gasteiger partial charge is 0.416 e. The Balaban J connectivity index is 1.96. The molecule has 5 nitrogen and oxygen atoms in total. The van der Waals surface area contributed by atoms with E-state index in [0.29, 0.717) is 46.7 Å². The summed E-state index contributed by atoms with van der Waals surface area (Å²) in [5.74, 6) is -4.71. The van der Waals surface area contributed by atoms with Gasteiger partial charge >= 0.3 is 12.1 Å². The molecule has 0 aliphatic carbocycles. The molecule has 0 aromatic heterocycles. The van der Waals surface area contributed by atoms with Crippen molar-refractivity contribution in [2.75, 3.05) is 6.54 Å². The normalized spacial score (nSPS) is 13.2. The first-order valence-electron chi connectivity index (χ1n) is 14.0. The number of carbonyl (C=O) groups excluding carboxylic acids is 3. The Morgan fingerprint density at radius 3 is 2.05 bits per heavy atom. The van der Waals surface area contributed by atoms with Crippen molar-refractivity contribution in [1.29, 1.82) is 0 Å². The summed E-state index contributed by atoms with van der Waals surface area (Å²) >= 11 is 11.9. The molecule has 0 aliphatic rings. The summed E-state index contributed by atoms with van der Waals surface area (Å²) in [6.07, 6.45) is -3.87. The quantitative estimate of drug-likeness (QED) is 0.127. The molecule has 1 amide bonds. The van der Waals surface area contributed by atoms with Gasteiger partial charge in [0.1, 0.15) is 5.60 Å². The molecule has 0 heterocycles. The standard InChI is InChI=1S/C33H33Cl2F4NO4/c1-5-6-24(19-7-9-21(10-8-19)31(43)40-16-15-27(41)44-32(2,3)4)28(20-11-13-23(34)14-12-20)30(42)25-17-22(33(37,38)39)18-26(35)29(25)36/h7-14,17-18,24,28H,5-6,15-16H2,1-4H3,(H,40,43). The average molecular weight is 655 g/mol. The van der Waals surface area contributed by atoms with Crippen LogP contribution in [0.2, 0.25) is 10.0 Å². The number of carbonyl (C=O) groups is 3. The molecule has 0 aliphatic heterocycles. The molecule has 0 fully saturated rings. The minimum absolute atomic E-state index is 0.0132. The van der Waals surface area contributed by atoms with Crippen LogP contribution in [0.15, 0.2) is 60.7 Å². The molecule has 3 aromatic rings. The first-order valence-corrected chi connectivity index (χ1v) is 14.7. The third-order valence-electron chi connectivity index (χ3n) is 6.77. The van der Waals surface area contributed by atoms with Crippen LogP contribution < -0.4 is 5.32 Å². The Kier molecular flexibility index (Phi) is 11.6. The molecule has 0 spiro atoms. The van der Waals surface area contributed by atoms with Crippen LogP contribution in [0.3, 0.4) is 0 Å². The minimum atomic E-state index is -4.85. The van der Waals surface area contributed by atoms with Crippen molar-refractivity contribution in [2.24, 2.45) is 0 Å². The fourth-order valence-electron chi connectivity index (χ4n) is 4.83. The third-order valence-corrected chi connectivity index (χ3v) is 7.30. The number of alkyl halides is 3. The number of rotatable bonds is 11. The van der Waals surface area contributed by atoms with Gasteiger partial charge in [0.05, 0.1) is 28.5 Å². The maximum Gasteiger partial charge on any atom is 0.416 e. The maximum atomic E-state index is 15.2. The number of Topliss-reactive ketones (excluding diaryl/α,β-unsaturated/α-hetero) is 1. The van der Waals surface area contributed by atoms with Crippen LogP contribution in [-0.2, 0) is 15.7 Å². The largest absolute Gasteiger partial charge is 0.460 e. The molecule has 1 N–H and O–H groups in total. The van der Waals surface area contributed by atoms with Gasteiger partial charge in [-0.25, -0.2) is 4.39 Å². The lowest BCUT2D eigenvalue weighted by Crippen LogP contribution is -2.29. The number of nitrogens with one attached hydrogen (secondary N) is 1. The van der Waals surface area contributed by atoms with Crippen LogP contribution in [0.25, 0.3) is 0 Å². The third kappa shape index (κ3) is 9.29. The number of hydrogen-bond donors (Lipinski definition) is 1. The fourth-order valence-corrected chi connectivity index (χ4v) is 5.17. The maximum absolute atomic E-state index is 15.2. The van der Waals surface area contributed by atoms with E-state index in [2.05, 4.69) is 5.32 Å². The van der Waals surface area contributed by atoms with Crippen LogP contribution in [-0.4, -0.2) is 29.8 Å². The van der Waals surface area contributed by atoms with Gasteiger partial charge in [0.2, 0.25) is 0 Å². The summed E-state index contributed by atoms with van der Waals surface area (Å²) in [5.41, 5.74) is -1.32. The molecule has 0 saturated heterocycles. The Labute approximate surface area is 263 Å². The van der Waals surface area contributed by atoms with Crippen molar-refractivity contribution < 1.29 is 36.7 Å². The zero-order valence-corrected chi connectivity index (χ0v) is 26.2. The molecule has 0 saturated carbocycles. The van der Waals surface area contributed by atoms with Gasteiger partial charge in [-0.3, -0.25) is 14.4 Å². The topological polar surface area (TPSA) is 72.5 Å². The molecular weight excluding hydrogens is 621 g/mol. The summed E-state index contributed by atoms with van der Waals surface area (Å²) in [6, 6.07) is 13.6. The highest BCUT2D eigenvalue weighted by molar-refractivity contribution is 6.31. The van der Waals surface area contributed by atoms with Crippen molar-refractivity contribution in [3.05, 3.63) is 104 Å². The Bertz CT molecular complexity index is 1480. The average Bonchev–Trinajstić information content (AvgIpc) is 2.93. The molecular formula is C33H33Cl2F4NO4. The lowest BCUT2D eigenvalue weighted by atomic mass is 9.74. The molecule has 2 unspecified atom stereocenters. The fraction of sp³-hybridized carbons (Fsp3) is 0.364. The second kappa shape index (κ2) is 14.6. The number of ether oxygens (including phenoxy) is 1. The number of amides is 1. The molecule has 236 valence electrons. The van der Waals surface area contributed by atoms with Crippen molar-refractivity contribution in [1.82, 2.24) is 5.32 Å². The van der Waals surface area contributed by atoms with E-state index >= 15 is 4.39 Å². The monoisotopic (exact) mass is 653 g/mol. The van der Waals surface area contributed by atoms with Gasteiger partial charge in [0, 0.05) is 17.1 Å².